The average molecular weight is 276 g/mol. The number of thioether (sulfide) groups is 1. The van der Waals surface area contributed by atoms with Gasteiger partial charge in [0.1, 0.15) is 5.82 Å². The Morgan fingerprint density at radius 1 is 1.21 bits per heavy atom. The number of anilines is 1. The average Bonchev–Trinajstić information content (AvgIpc) is 2.46. The minimum Gasteiger partial charge on any atom is -0.354 e. The summed E-state index contributed by atoms with van der Waals surface area (Å²) in [7, 11) is 0. The highest BCUT2D eigenvalue weighted by molar-refractivity contribution is 7.98. The van der Waals surface area contributed by atoms with Crippen LogP contribution in [0, 0.1) is 0 Å². The molecule has 0 atom stereocenters. The molecule has 1 aromatic heterocycles. The van der Waals surface area contributed by atoms with E-state index in [1.54, 1.807) is 11.8 Å². The molecule has 0 aromatic carbocycles. The van der Waals surface area contributed by atoms with Crippen molar-refractivity contribution in [3.63, 3.8) is 0 Å². The molecule has 3 rings (SSSR count). The van der Waals surface area contributed by atoms with Crippen molar-refractivity contribution in [3.05, 3.63) is 23.4 Å². The van der Waals surface area contributed by atoms with Crippen molar-refractivity contribution < 1.29 is 0 Å². The fraction of sp³-hybridized carbons (Fsp3) is 0.571. The van der Waals surface area contributed by atoms with Gasteiger partial charge >= 0.3 is 0 Å². The summed E-state index contributed by atoms with van der Waals surface area (Å²) < 4.78 is 0. The summed E-state index contributed by atoms with van der Waals surface area (Å²) in [5.41, 5.74) is 3.85. The zero-order valence-corrected chi connectivity index (χ0v) is 12.2. The lowest BCUT2D eigenvalue weighted by atomic mass is 9.92. The maximum Gasteiger partial charge on any atom is 0.189 e. The molecule has 1 saturated heterocycles. The van der Waals surface area contributed by atoms with Gasteiger partial charge in [0.25, 0.3) is 0 Å². The molecular weight excluding hydrogens is 256 g/mol. The first kappa shape index (κ1) is 12.9. The molecule has 1 aliphatic carbocycles. The van der Waals surface area contributed by atoms with Crippen LogP contribution in [0.15, 0.2) is 17.3 Å². The van der Waals surface area contributed by atoms with Crippen molar-refractivity contribution in [1.29, 1.82) is 0 Å². The van der Waals surface area contributed by atoms with E-state index in [1.165, 1.54) is 22.6 Å². The number of piperazine rings is 1. The van der Waals surface area contributed by atoms with E-state index in [9.17, 15) is 0 Å². The van der Waals surface area contributed by atoms with E-state index >= 15 is 0 Å². The fourth-order valence-electron chi connectivity index (χ4n) is 2.75. The van der Waals surface area contributed by atoms with E-state index in [1.807, 2.05) is 6.26 Å². The van der Waals surface area contributed by atoms with Gasteiger partial charge in [-0.2, -0.15) is 0 Å². The van der Waals surface area contributed by atoms with Crippen LogP contribution in [0.3, 0.4) is 0 Å². The third-order valence-corrected chi connectivity index (χ3v) is 4.34. The Labute approximate surface area is 118 Å². The Kier molecular flexibility index (Phi) is 3.75. The van der Waals surface area contributed by atoms with E-state index in [2.05, 4.69) is 21.8 Å². The van der Waals surface area contributed by atoms with Gasteiger partial charge in [0.15, 0.2) is 5.16 Å². The summed E-state index contributed by atoms with van der Waals surface area (Å²) in [5.74, 6) is 1.17. The van der Waals surface area contributed by atoms with E-state index in [0.717, 1.165) is 50.6 Å². The smallest absolute Gasteiger partial charge is 0.189 e. The van der Waals surface area contributed by atoms with Crippen LogP contribution in [0.5, 0.6) is 0 Å². The van der Waals surface area contributed by atoms with Crippen molar-refractivity contribution in [2.75, 3.05) is 37.3 Å². The normalized spacial score (nSPS) is 19.4. The Morgan fingerprint density at radius 3 is 2.74 bits per heavy atom. The maximum atomic E-state index is 4.77. The van der Waals surface area contributed by atoms with E-state index < -0.39 is 0 Å². The van der Waals surface area contributed by atoms with Gasteiger partial charge in [0, 0.05) is 38.2 Å². The highest BCUT2D eigenvalue weighted by Crippen LogP contribution is 2.31. The zero-order chi connectivity index (χ0) is 13.2. The van der Waals surface area contributed by atoms with Gasteiger partial charge < -0.3 is 10.2 Å². The minimum absolute atomic E-state index is 0.891. The molecule has 1 fully saturated rings. The first-order valence-corrected chi connectivity index (χ1v) is 8.06. The largest absolute Gasteiger partial charge is 0.354 e. The molecule has 0 bridgehead atoms. The third kappa shape index (κ3) is 2.62. The molecule has 0 saturated carbocycles. The van der Waals surface area contributed by atoms with Crippen LogP contribution in [0.1, 0.15) is 17.7 Å². The lowest BCUT2D eigenvalue weighted by molar-refractivity contribution is 0.577. The van der Waals surface area contributed by atoms with Crippen molar-refractivity contribution in [2.24, 2.45) is 0 Å². The molecule has 1 N–H and O–H groups in total. The number of rotatable bonds is 2. The Bertz CT molecular complexity index is 494. The quantitative estimate of drug-likeness (QED) is 0.505. The predicted molar refractivity (Wildman–Crippen MR) is 80.1 cm³/mol. The molecular formula is C14H20N4S. The van der Waals surface area contributed by atoms with Gasteiger partial charge in [-0.1, -0.05) is 23.9 Å². The lowest BCUT2D eigenvalue weighted by Crippen LogP contribution is -2.44. The molecule has 0 unspecified atom stereocenters. The molecule has 4 nitrogen and oxygen atoms in total. The van der Waals surface area contributed by atoms with E-state index in [-0.39, 0.29) is 0 Å². The second-order valence-electron chi connectivity index (χ2n) is 5.12. The topological polar surface area (TPSA) is 41.1 Å². The molecule has 2 aliphatic rings. The summed E-state index contributed by atoms with van der Waals surface area (Å²) in [6.07, 6.45) is 5.08. The Balaban J connectivity index is 2.01. The van der Waals surface area contributed by atoms with Crippen LogP contribution >= 0.6 is 11.8 Å². The number of allylic oxidation sites excluding steroid dienone is 1. The van der Waals surface area contributed by atoms with E-state index in [4.69, 9.17) is 4.98 Å². The molecule has 2 heterocycles. The van der Waals surface area contributed by atoms with Crippen molar-refractivity contribution >= 4 is 17.6 Å². The van der Waals surface area contributed by atoms with Crippen LogP contribution in [-0.4, -0.2) is 42.4 Å². The van der Waals surface area contributed by atoms with Gasteiger partial charge in [-0.15, -0.1) is 0 Å². The number of nitrogens with zero attached hydrogens (tertiary/aromatic N) is 3. The minimum atomic E-state index is 0.891. The standard InChI is InChI=1S/C14H20N4S/c1-10-3-4-11-12(9-10)16-14(19-2)17-13(11)18-7-5-15-6-8-18/h15H,1,3-9H2,2H3. The fourth-order valence-corrected chi connectivity index (χ4v) is 3.13. The van der Waals surface area contributed by atoms with Gasteiger partial charge in [-0.25, -0.2) is 9.97 Å². The van der Waals surface area contributed by atoms with Crippen molar-refractivity contribution in [3.8, 4) is 0 Å². The van der Waals surface area contributed by atoms with Crippen molar-refractivity contribution in [2.45, 2.75) is 24.4 Å². The molecule has 5 heteroatoms. The highest BCUT2D eigenvalue weighted by Gasteiger charge is 2.23. The molecule has 0 spiro atoms. The van der Waals surface area contributed by atoms with Crippen LogP contribution in [0.25, 0.3) is 0 Å². The summed E-state index contributed by atoms with van der Waals surface area (Å²) in [5, 5.41) is 4.29. The van der Waals surface area contributed by atoms with Gasteiger partial charge in [0.05, 0.1) is 5.69 Å². The molecule has 0 amide bonds. The number of hydrogen-bond donors (Lipinski definition) is 1. The monoisotopic (exact) mass is 276 g/mol. The summed E-state index contributed by atoms with van der Waals surface area (Å²) >= 11 is 1.63. The third-order valence-electron chi connectivity index (χ3n) is 3.80. The Hall–Kier alpha value is -1.07. The predicted octanol–water partition coefficient (Wildman–Crippen LogP) is 1.65. The van der Waals surface area contributed by atoms with Crippen LogP contribution in [0.4, 0.5) is 5.82 Å². The zero-order valence-electron chi connectivity index (χ0n) is 11.4. The second-order valence-corrected chi connectivity index (χ2v) is 5.90. The number of nitrogens with one attached hydrogen (secondary N) is 1. The molecule has 1 aromatic rings. The molecule has 19 heavy (non-hydrogen) atoms. The van der Waals surface area contributed by atoms with Gasteiger partial charge in [0.2, 0.25) is 0 Å². The lowest BCUT2D eigenvalue weighted by Gasteiger charge is -2.32. The first-order valence-electron chi connectivity index (χ1n) is 6.84. The molecule has 0 radical (unpaired) electrons. The number of fused-ring (bicyclic) bond motifs is 1. The first-order chi connectivity index (χ1) is 9.28. The van der Waals surface area contributed by atoms with Gasteiger partial charge in [-0.3, -0.25) is 0 Å². The number of aromatic nitrogens is 2. The van der Waals surface area contributed by atoms with Crippen LogP contribution in [0.2, 0.25) is 0 Å². The summed E-state index contributed by atoms with van der Waals surface area (Å²) in [4.78, 5) is 11.9. The highest BCUT2D eigenvalue weighted by atomic mass is 32.2. The van der Waals surface area contributed by atoms with Crippen LogP contribution < -0.4 is 10.2 Å². The number of hydrogen-bond acceptors (Lipinski definition) is 5. The maximum absolute atomic E-state index is 4.77. The van der Waals surface area contributed by atoms with Gasteiger partial charge in [-0.05, 0) is 19.1 Å². The summed E-state index contributed by atoms with van der Waals surface area (Å²) in [6, 6.07) is 0. The second kappa shape index (κ2) is 5.51. The summed E-state index contributed by atoms with van der Waals surface area (Å²) in [6.45, 7) is 8.28. The molecule has 1 aliphatic heterocycles. The Morgan fingerprint density at radius 2 is 2.00 bits per heavy atom. The van der Waals surface area contributed by atoms with Crippen LogP contribution in [-0.2, 0) is 12.8 Å². The SMILES string of the molecule is C=C1CCc2c(nc(SC)nc2N2CCNCC2)C1. The van der Waals surface area contributed by atoms with E-state index in [0.29, 0.717) is 0 Å². The molecule has 102 valence electrons. The van der Waals surface area contributed by atoms with Crippen molar-refractivity contribution in [1.82, 2.24) is 15.3 Å².